The van der Waals surface area contributed by atoms with Gasteiger partial charge in [0.05, 0.1) is 12.4 Å². The van der Waals surface area contributed by atoms with E-state index >= 15 is 0 Å². The van der Waals surface area contributed by atoms with Crippen LogP contribution in [0.2, 0.25) is 0 Å². The van der Waals surface area contributed by atoms with Crippen LogP contribution in [-0.2, 0) is 0 Å². The molecule has 3 N–H and O–H groups in total. The van der Waals surface area contributed by atoms with Crippen molar-refractivity contribution in [3.05, 3.63) is 12.4 Å². The molecule has 0 radical (unpaired) electrons. The third-order valence-corrected chi connectivity index (χ3v) is 0.823. The van der Waals surface area contributed by atoms with Gasteiger partial charge in [-0.25, -0.2) is 4.79 Å². The van der Waals surface area contributed by atoms with Gasteiger partial charge in [-0.05, 0) is 0 Å². The molecule has 1 heterocycles. The van der Waals surface area contributed by atoms with E-state index in [0.29, 0.717) is 0 Å². The van der Waals surface area contributed by atoms with E-state index in [-0.39, 0.29) is 11.7 Å². The van der Waals surface area contributed by atoms with Gasteiger partial charge in [-0.3, -0.25) is 4.98 Å². The monoisotopic (exact) mass is 155 g/mol. The molecular weight excluding hydrogens is 150 g/mol. The van der Waals surface area contributed by atoms with Gasteiger partial charge in [0.25, 0.3) is 0 Å². The number of carbonyl (C=O) groups is 1. The number of rotatable bonds is 1. The minimum Gasteiger partial charge on any atom is -0.449 e. The lowest BCUT2D eigenvalue weighted by molar-refractivity contribution is 0.142. The van der Waals surface area contributed by atoms with Crippen molar-refractivity contribution < 1.29 is 14.6 Å². The molecule has 0 aliphatic carbocycles. The van der Waals surface area contributed by atoms with Gasteiger partial charge in [0.1, 0.15) is 5.82 Å². The second kappa shape index (κ2) is 2.82. The predicted octanol–water partition coefficient (Wildman–Crippen LogP) is 0.116. The number of hydrogen-bond acceptors (Lipinski definition) is 5. The number of hydrogen-bond donors (Lipinski definition) is 2. The van der Waals surface area contributed by atoms with Gasteiger partial charge in [0, 0.05) is 0 Å². The molecule has 0 saturated carbocycles. The Labute approximate surface area is 61.6 Å². The summed E-state index contributed by atoms with van der Waals surface area (Å²) in [5, 5.41) is 8.13. The lowest BCUT2D eigenvalue weighted by atomic mass is 10.7. The molecule has 6 heteroatoms. The summed E-state index contributed by atoms with van der Waals surface area (Å²) in [5.74, 6) is -0.0127. The minimum atomic E-state index is -1.44. The smallest absolute Gasteiger partial charge is 0.449 e. The lowest BCUT2D eigenvalue weighted by Gasteiger charge is -1.96. The maximum absolute atomic E-state index is 9.95. The molecule has 1 aromatic heterocycles. The van der Waals surface area contributed by atoms with Gasteiger partial charge < -0.3 is 15.6 Å². The topological polar surface area (TPSA) is 98.3 Å². The first-order valence-corrected chi connectivity index (χ1v) is 2.67. The SMILES string of the molecule is Nc1cncc(OC(=O)O)n1. The molecule has 0 spiro atoms. The Morgan fingerprint density at radius 3 is 2.91 bits per heavy atom. The molecule has 0 amide bonds. The van der Waals surface area contributed by atoms with Gasteiger partial charge in [-0.15, -0.1) is 0 Å². The summed E-state index contributed by atoms with van der Waals surface area (Å²) in [6.07, 6.45) is 1.00. The molecule has 0 saturated heterocycles. The first kappa shape index (κ1) is 7.26. The molecule has 6 nitrogen and oxygen atoms in total. The van der Waals surface area contributed by atoms with Crippen molar-refractivity contribution >= 4 is 12.0 Å². The van der Waals surface area contributed by atoms with E-state index in [0.717, 1.165) is 6.20 Å². The van der Waals surface area contributed by atoms with Crippen LogP contribution in [0.15, 0.2) is 12.4 Å². The molecule has 0 atom stereocenters. The van der Waals surface area contributed by atoms with E-state index in [1.165, 1.54) is 6.20 Å². The van der Waals surface area contributed by atoms with Crippen molar-refractivity contribution in [1.82, 2.24) is 9.97 Å². The Balaban J connectivity index is 2.79. The Morgan fingerprint density at radius 2 is 2.36 bits per heavy atom. The van der Waals surface area contributed by atoms with Crippen LogP contribution in [0.1, 0.15) is 0 Å². The Hall–Kier alpha value is -1.85. The van der Waals surface area contributed by atoms with Crippen LogP contribution >= 0.6 is 0 Å². The maximum atomic E-state index is 9.95. The van der Waals surface area contributed by atoms with Gasteiger partial charge in [0.15, 0.2) is 0 Å². The molecule has 11 heavy (non-hydrogen) atoms. The normalized spacial score (nSPS) is 9.09. The van der Waals surface area contributed by atoms with Crippen LogP contribution in [0.5, 0.6) is 5.88 Å². The van der Waals surface area contributed by atoms with Crippen molar-refractivity contribution in [2.45, 2.75) is 0 Å². The quantitative estimate of drug-likeness (QED) is 0.558. The van der Waals surface area contributed by atoms with Crippen molar-refractivity contribution in [3.63, 3.8) is 0 Å². The highest BCUT2D eigenvalue weighted by Crippen LogP contribution is 2.05. The summed E-state index contributed by atoms with van der Waals surface area (Å²) < 4.78 is 4.16. The second-order valence-electron chi connectivity index (χ2n) is 1.65. The highest BCUT2D eigenvalue weighted by molar-refractivity contribution is 5.60. The Kier molecular flexibility index (Phi) is 1.86. The summed E-state index contributed by atoms with van der Waals surface area (Å²) in [6, 6.07) is 0. The van der Waals surface area contributed by atoms with Gasteiger partial charge >= 0.3 is 6.16 Å². The molecular formula is C5H5N3O3. The molecule has 0 aromatic carbocycles. The zero-order valence-electron chi connectivity index (χ0n) is 5.39. The number of ether oxygens (including phenoxy) is 1. The van der Waals surface area contributed by atoms with Gasteiger partial charge in [-0.2, -0.15) is 4.98 Å². The molecule has 58 valence electrons. The molecule has 1 aromatic rings. The van der Waals surface area contributed by atoms with Crippen LogP contribution in [0.25, 0.3) is 0 Å². The molecule has 1 rings (SSSR count). The van der Waals surface area contributed by atoms with E-state index in [2.05, 4.69) is 14.7 Å². The summed E-state index contributed by atoms with van der Waals surface area (Å²) in [4.78, 5) is 17.0. The summed E-state index contributed by atoms with van der Waals surface area (Å²) in [6.45, 7) is 0. The highest BCUT2D eigenvalue weighted by Gasteiger charge is 2.01. The number of nitrogen functional groups attached to an aromatic ring is 1. The van der Waals surface area contributed by atoms with E-state index in [4.69, 9.17) is 10.8 Å². The largest absolute Gasteiger partial charge is 0.512 e. The van der Waals surface area contributed by atoms with Gasteiger partial charge in [0.2, 0.25) is 5.88 Å². The second-order valence-corrected chi connectivity index (χ2v) is 1.65. The fraction of sp³-hybridized carbons (Fsp3) is 0. The maximum Gasteiger partial charge on any atom is 0.512 e. The zero-order valence-corrected chi connectivity index (χ0v) is 5.39. The summed E-state index contributed by atoms with van der Waals surface area (Å²) in [7, 11) is 0. The Bertz CT molecular complexity index is 275. The number of nitrogens with two attached hydrogens (primary N) is 1. The third-order valence-electron chi connectivity index (χ3n) is 0.823. The van der Waals surface area contributed by atoms with Crippen molar-refractivity contribution in [3.8, 4) is 5.88 Å². The fourth-order valence-corrected chi connectivity index (χ4v) is 0.501. The Morgan fingerprint density at radius 1 is 1.64 bits per heavy atom. The van der Waals surface area contributed by atoms with Gasteiger partial charge in [-0.1, -0.05) is 0 Å². The minimum absolute atomic E-state index is 0.115. The van der Waals surface area contributed by atoms with E-state index in [9.17, 15) is 4.79 Å². The summed E-state index contributed by atoms with van der Waals surface area (Å²) >= 11 is 0. The number of aromatic nitrogens is 2. The standard InChI is InChI=1S/C5H5N3O3/c6-3-1-7-2-4(8-3)11-5(9)10/h1-2H,(H2,6,8)(H,9,10). The van der Waals surface area contributed by atoms with E-state index < -0.39 is 6.16 Å². The number of nitrogens with zero attached hydrogens (tertiary/aromatic N) is 2. The highest BCUT2D eigenvalue weighted by atomic mass is 16.7. The molecule has 0 aliphatic rings. The van der Waals surface area contributed by atoms with E-state index in [1.807, 2.05) is 0 Å². The first-order chi connectivity index (χ1) is 5.18. The average molecular weight is 155 g/mol. The van der Waals surface area contributed by atoms with E-state index in [1.54, 1.807) is 0 Å². The van der Waals surface area contributed by atoms with Crippen LogP contribution in [0.4, 0.5) is 10.6 Å². The lowest BCUT2D eigenvalue weighted by Crippen LogP contribution is -2.05. The van der Waals surface area contributed by atoms with Crippen LogP contribution in [0.3, 0.4) is 0 Å². The molecule has 0 aliphatic heterocycles. The summed E-state index contributed by atoms with van der Waals surface area (Å²) in [5.41, 5.74) is 5.19. The molecule has 0 bridgehead atoms. The number of anilines is 1. The van der Waals surface area contributed by atoms with Crippen LogP contribution in [0, 0.1) is 0 Å². The van der Waals surface area contributed by atoms with Crippen molar-refractivity contribution in [2.75, 3.05) is 5.73 Å². The van der Waals surface area contributed by atoms with Crippen LogP contribution < -0.4 is 10.5 Å². The third kappa shape index (κ3) is 2.09. The predicted molar refractivity (Wildman–Crippen MR) is 35.1 cm³/mol. The van der Waals surface area contributed by atoms with Crippen molar-refractivity contribution in [1.29, 1.82) is 0 Å². The zero-order chi connectivity index (χ0) is 8.27. The molecule has 0 fully saturated rings. The number of carboxylic acid groups (broad SMARTS) is 1. The molecule has 0 unspecified atom stereocenters. The van der Waals surface area contributed by atoms with Crippen LogP contribution in [-0.4, -0.2) is 21.2 Å². The van der Waals surface area contributed by atoms with Crippen molar-refractivity contribution in [2.24, 2.45) is 0 Å². The average Bonchev–Trinajstić information content (AvgIpc) is 1.85. The first-order valence-electron chi connectivity index (χ1n) is 2.67. The fourth-order valence-electron chi connectivity index (χ4n) is 0.501.